The molecule has 3 aromatic rings. The Labute approximate surface area is 203 Å². The van der Waals surface area contributed by atoms with Crippen LogP contribution in [0.15, 0.2) is 24.3 Å². The molecular weight excluding hydrogens is 456 g/mol. The van der Waals surface area contributed by atoms with Crippen molar-refractivity contribution in [3.63, 3.8) is 0 Å². The zero-order valence-electron chi connectivity index (χ0n) is 19.6. The lowest BCUT2D eigenvalue weighted by atomic mass is 10.0. The molecule has 0 radical (unpaired) electrons. The van der Waals surface area contributed by atoms with E-state index in [-0.39, 0.29) is 18.0 Å². The minimum absolute atomic E-state index is 0.162. The summed E-state index contributed by atoms with van der Waals surface area (Å²) >= 11 is 6.48. The third-order valence-corrected chi connectivity index (χ3v) is 6.02. The van der Waals surface area contributed by atoms with E-state index in [1.54, 1.807) is 6.92 Å². The fraction of sp³-hybridized carbons (Fsp3) is 0.435. The summed E-state index contributed by atoms with van der Waals surface area (Å²) in [6.45, 7) is 9.20. The van der Waals surface area contributed by atoms with Crippen LogP contribution in [0.1, 0.15) is 31.3 Å². The van der Waals surface area contributed by atoms with Crippen molar-refractivity contribution < 1.29 is 9.53 Å². The summed E-state index contributed by atoms with van der Waals surface area (Å²) in [6.07, 6.45) is 0. The van der Waals surface area contributed by atoms with Gasteiger partial charge in [-0.05, 0) is 32.9 Å². The summed E-state index contributed by atoms with van der Waals surface area (Å²) in [5, 5.41) is 4.89. The highest BCUT2D eigenvalue weighted by Crippen LogP contribution is 2.33. The number of aryl methyl sites for hydroxylation is 1. The molecule has 1 saturated heterocycles. The van der Waals surface area contributed by atoms with Crippen LogP contribution in [0.25, 0.3) is 10.9 Å². The van der Waals surface area contributed by atoms with Crippen LogP contribution in [0.3, 0.4) is 0 Å². The van der Waals surface area contributed by atoms with Gasteiger partial charge in [0.25, 0.3) is 0 Å². The van der Waals surface area contributed by atoms with Crippen LogP contribution < -0.4 is 16.0 Å². The topological polar surface area (TPSA) is 122 Å². The normalized spacial score (nSPS) is 15.4. The number of para-hydroxylation sites is 1. The van der Waals surface area contributed by atoms with Crippen LogP contribution in [-0.2, 0) is 9.53 Å². The van der Waals surface area contributed by atoms with Gasteiger partial charge in [-0.15, -0.1) is 0 Å². The van der Waals surface area contributed by atoms with Gasteiger partial charge in [-0.2, -0.15) is 15.0 Å². The number of fused-ring (bicyclic) bond motifs is 1. The molecule has 1 fully saturated rings. The number of halogens is 1. The number of benzene rings is 1. The number of pyridine rings is 1. The van der Waals surface area contributed by atoms with Crippen molar-refractivity contribution >= 4 is 46.2 Å². The molecule has 1 aliphatic heterocycles. The van der Waals surface area contributed by atoms with E-state index in [9.17, 15) is 4.79 Å². The maximum Gasteiger partial charge on any atom is 0.320 e. The van der Waals surface area contributed by atoms with Gasteiger partial charge in [-0.1, -0.05) is 23.7 Å². The number of nitrogens with one attached hydrogen (secondary N) is 1. The van der Waals surface area contributed by atoms with Crippen LogP contribution in [0, 0.1) is 6.92 Å². The second-order valence-corrected chi connectivity index (χ2v) is 8.62. The fourth-order valence-electron chi connectivity index (χ4n) is 4.09. The predicted octanol–water partition coefficient (Wildman–Crippen LogP) is 2.82. The van der Waals surface area contributed by atoms with Crippen molar-refractivity contribution in [2.75, 3.05) is 55.3 Å². The van der Waals surface area contributed by atoms with E-state index in [0.717, 1.165) is 48.5 Å². The van der Waals surface area contributed by atoms with Gasteiger partial charge in [0.1, 0.15) is 11.6 Å². The molecule has 0 bridgehead atoms. The number of piperazine rings is 1. The van der Waals surface area contributed by atoms with E-state index < -0.39 is 0 Å². The Balaban J connectivity index is 1.62. The highest BCUT2D eigenvalue weighted by molar-refractivity contribution is 6.35. The molecule has 0 saturated carbocycles. The number of carbonyl (C=O) groups excluding carboxylic acids is 1. The summed E-state index contributed by atoms with van der Waals surface area (Å²) in [7, 11) is 0. The predicted molar refractivity (Wildman–Crippen MR) is 133 cm³/mol. The average Bonchev–Trinajstić information content (AvgIpc) is 2.78. The molecule has 0 spiro atoms. The van der Waals surface area contributed by atoms with Gasteiger partial charge >= 0.3 is 5.97 Å². The molecule has 3 heterocycles. The molecule has 1 atom stereocenters. The largest absolute Gasteiger partial charge is 0.465 e. The molecule has 0 amide bonds. The monoisotopic (exact) mass is 484 g/mol. The SMILES string of the molecule is CCOC(=O)CN1CCN(c2nc3c(Cl)cccc3cc2[C@H](C)Nc2nc(C)nc(N)n2)CC1. The minimum Gasteiger partial charge on any atom is -0.465 e. The lowest BCUT2D eigenvalue weighted by Crippen LogP contribution is -2.48. The third kappa shape index (κ3) is 5.45. The van der Waals surface area contributed by atoms with Crippen molar-refractivity contribution in [2.45, 2.75) is 26.8 Å². The average molecular weight is 485 g/mol. The zero-order valence-corrected chi connectivity index (χ0v) is 20.3. The van der Waals surface area contributed by atoms with Crippen LogP contribution in [0.5, 0.6) is 0 Å². The number of hydrogen-bond donors (Lipinski definition) is 2. The summed E-state index contributed by atoms with van der Waals surface area (Å²) < 4.78 is 5.09. The number of esters is 1. The van der Waals surface area contributed by atoms with Gasteiger partial charge < -0.3 is 20.7 Å². The fourth-order valence-corrected chi connectivity index (χ4v) is 4.31. The van der Waals surface area contributed by atoms with Crippen LogP contribution in [-0.4, -0.2) is 70.1 Å². The first kappa shape index (κ1) is 23.9. The molecule has 1 aromatic carbocycles. The van der Waals surface area contributed by atoms with Gasteiger partial charge in [0.05, 0.1) is 29.7 Å². The van der Waals surface area contributed by atoms with E-state index in [0.29, 0.717) is 29.9 Å². The van der Waals surface area contributed by atoms with Crippen LogP contribution in [0.4, 0.5) is 17.7 Å². The smallest absolute Gasteiger partial charge is 0.320 e. The Hall–Kier alpha value is -3.24. The maximum atomic E-state index is 11.9. The number of ether oxygens (including phenoxy) is 1. The van der Waals surface area contributed by atoms with Gasteiger partial charge in [0, 0.05) is 37.1 Å². The molecule has 1 aliphatic rings. The zero-order chi connectivity index (χ0) is 24.2. The molecular formula is C23H29ClN8O2. The molecule has 11 heteroatoms. The quantitative estimate of drug-likeness (QED) is 0.484. The first-order chi connectivity index (χ1) is 16.3. The van der Waals surface area contributed by atoms with Crippen molar-refractivity contribution in [2.24, 2.45) is 0 Å². The van der Waals surface area contributed by atoms with Gasteiger partial charge in [0.15, 0.2) is 0 Å². The van der Waals surface area contributed by atoms with Crippen LogP contribution >= 0.6 is 11.6 Å². The number of carbonyl (C=O) groups is 1. The molecule has 4 rings (SSSR count). The lowest BCUT2D eigenvalue weighted by Gasteiger charge is -2.36. The Morgan fingerprint density at radius 2 is 1.97 bits per heavy atom. The Morgan fingerprint density at radius 1 is 1.21 bits per heavy atom. The van der Waals surface area contributed by atoms with E-state index in [1.165, 1.54) is 0 Å². The van der Waals surface area contributed by atoms with Gasteiger partial charge in [-0.25, -0.2) is 4.98 Å². The Kier molecular flexibility index (Phi) is 7.28. The number of nitrogens with two attached hydrogens (primary N) is 1. The number of rotatable bonds is 7. The summed E-state index contributed by atoms with van der Waals surface area (Å²) in [4.78, 5) is 33.8. The number of aromatic nitrogens is 4. The Bertz CT molecular complexity index is 1160. The second-order valence-electron chi connectivity index (χ2n) is 8.21. The maximum absolute atomic E-state index is 11.9. The van der Waals surface area contributed by atoms with E-state index in [1.807, 2.05) is 32.0 Å². The molecule has 180 valence electrons. The van der Waals surface area contributed by atoms with Crippen molar-refractivity contribution in [1.29, 1.82) is 0 Å². The number of nitrogens with zero attached hydrogens (tertiary/aromatic N) is 6. The van der Waals surface area contributed by atoms with Crippen LogP contribution in [0.2, 0.25) is 5.02 Å². The number of anilines is 3. The standard InChI is InChI=1S/C23H29ClN8O2/c1-4-34-19(33)13-31-8-10-32(11-9-31)21-17(12-16-6-5-7-18(24)20(16)29-21)14(2)26-23-28-15(3)27-22(25)30-23/h5-7,12,14H,4,8-11,13H2,1-3H3,(H3,25,26,27,28,30)/t14-/m0/s1. The van der Waals surface area contributed by atoms with Gasteiger partial charge in [-0.3, -0.25) is 9.69 Å². The van der Waals surface area contributed by atoms with Crippen molar-refractivity contribution in [3.05, 3.63) is 40.7 Å². The van der Waals surface area contributed by atoms with Crippen molar-refractivity contribution in [1.82, 2.24) is 24.8 Å². The highest BCUT2D eigenvalue weighted by atomic mass is 35.5. The summed E-state index contributed by atoms with van der Waals surface area (Å²) in [6, 6.07) is 7.69. The number of hydrogen-bond acceptors (Lipinski definition) is 10. The molecule has 2 aromatic heterocycles. The molecule has 3 N–H and O–H groups in total. The molecule has 10 nitrogen and oxygen atoms in total. The first-order valence-corrected chi connectivity index (χ1v) is 11.7. The lowest BCUT2D eigenvalue weighted by molar-refractivity contribution is -0.144. The van der Waals surface area contributed by atoms with E-state index in [4.69, 9.17) is 27.1 Å². The summed E-state index contributed by atoms with van der Waals surface area (Å²) in [5.41, 5.74) is 7.55. The molecule has 0 unspecified atom stereocenters. The second kappa shape index (κ2) is 10.4. The van der Waals surface area contributed by atoms with E-state index >= 15 is 0 Å². The third-order valence-electron chi connectivity index (χ3n) is 5.71. The first-order valence-electron chi connectivity index (χ1n) is 11.3. The van der Waals surface area contributed by atoms with E-state index in [2.05, 4.69) is 36.1 Å². The summed E-state index contributed by atoms with van der Waals surface area (Å²) in [5.74, 6) is 1.77. The number of nitrogen functional groups attached to an aromatic ring is 1. The van der Waals surface area contributed by atoms with Gasteiger partial charge in [0.2, 0.25) is 11.9 Å². The Morgan fingerprint density at radius 3 is 2.68 bits per heavy atom. The molecule has 0 aliphatic carbocycles. The highest BCUT2D eigenvalue weighted by Gasteiger charge is 2.25. The van der Waals surface area contributed by atoms with Crippen molar-refractivity contribution in [3.8, 4) is 0 Å². The minimum atomic E-state index is -0.197. The molecule has 34 heavy (non-hydrogen) atoms.